The third-order valence-corrected chi connectivity index (χ3v) is 7.08. The number of aromatic nitrogens is 3. The Balaban J connectivity index is 1.32. The summed E-state index contributed by atoms with van der Waals surface area (Å²) in [5.41, 5.74) is 14.2. The standard InChI is InChI=1S/C30H26N6O3/c1-17-22(8-5-9-24(17)33-30(38)36-15-20-6-3-4-7-21(20)16-36)26-23-14-25(32-27(23)35-29(31)34-26)18-10-12-19(13-11-18)28(37)39-2/h3-14H,15-16H2,1-2H3,(H,33,38)(H3,31,32,34,35). The minimum Gasteiger partial charge on any atom is -0.465 e. The molecule has 0 spiro atoms. The van der Waals surface area contributed by atoms with Crippen LogP contribution in [0.5, 0.6) is 0 Å². The van der Waals surface area contributed by atoms with Crippen LogP contribution in [0.4, 0.5) is 16.4 Å². The summed E-state index contributed by atoms with van der Waals surface area (Å²) in [7, 11) is 1.35. The number of methoxy groups -OCH3 is 1. The van der Waals surface area contributed by atoms with Gasteiger partial charge in [0.05, 0.1) is 18.4 Å². The normalized spacial score (nSPS) is 12.4. The number of nitrogens with zero attached hydrogens (tertiary/aromatic N) is 3. The summed E-state index contributed by atoms with van der Waals surface area (Å²) in [4.78, 5) is 39.0. The number of hydrogen-bond acceptors (Lipinski definition) is 6. The van der Waals surface area contributed by atoms with Crippen LogP contribution in [0.1, 0.15) is 27.0 Å². The van der Waals surface area contributed by atoms with Crippen LogP contribution in [0.2, 0.25) is 0 Å². The number of H-pyrrole nitrogens is 1. The maximum atomic E-state index is 13.1. The molecular formula is C30H26N6O3. The van der Waals surface area contributed by atoms with Crippen LogP contribution in [0.15, 0.2) is 72.8 Å². The zero-order valence-electron chi connectivity index (χ0n) is 21.5. The smallest absolute Gasteiger partial charge is 0.337 e. The summed E-state index contributed by atoms with van der Waals surface area (Å²) >= 11 is 0. The number of aromatic amines is 1. The van der Waals surface area contributed by atoms with Gasteiger partial charge in [-0.25, -0.2) is 14.6 Å². The van der Waals surface area contributed by atoms with E-state index in [9.17, 15) is 9.59 Å². The van der Waals surface area contributed by atoms with Crippen LogP contribution in [0.3, 0.4) is 0 Å². The quantitative estimate of drug-likeness (QED) is 0.269. The molecule has 9 heteroatoms. The fourth-order valence-corrected chi connectivity index (χ4v) is 4.99. The third-order valence-electron chi connectivity index (χ3n) is 7.08. The molecule has 0 fully saturated rings. The second-order valence-corrected chi connectivity index (χ2v) is 9.48. The minimum atomic E-state index is -0.393. The fraction of sp³-hybridized carbons (Fsp3) is 0.133. The lowest BCUT2D eigenvalue weighted by Gasteiger charge is -2.18. The van der Waals surface area contributed by atoms with Gasteiger partial charge in [-0.15, -0.1) is 0 Å². The van der Waals surface area contributed by atoms with Crippen LogP contribution < -0.4 is 11.1 Å². The number of nitrogen functional groups attached to an aromatic ring is 1. The first-order valence-electron chi connectivity index (χ1n) is 12.5. The molecule has 4 N–H and O–H groups in total. The largest absolute Gasteiger partial charge is 0.465 e. The molecule has 0 bridgehead atoms. The molecule has 0 saturated heterocycles. The molecule has 3 aromatic carbocycles. The van der Waals surface area contributed by atoms with Gasteiger partial charge in [0, 0.05) is 35.4 Å². The van der Waals surface area contributed by atoms with Crippen LogP contribution in [-0.4, -0.2) is 39.0 Å². The number of nitrogens with two attached hydrogens (primary N) is 1. The van der Waals surface area contributed by atoms with E-state index in [1.165, 1.54) is 18.2 Å². The van der Waals surface area contributed by atoms with E-state index in [4.69, 9.17) is 10.5 Å². The first-order valence-corrected chi connectivity index (χ1v) is 12.5. The molecule has 2 amide bonds. The Morgan fingerprint density at radius 2 is 1.69 bits per heavy atom. The number of benzene rings is 3. The molecule has 2 aromatic heterocycles. The highest BCUT2D eigenvalue weighted by Gasteiger charge is 2.24. The lowest BCUT2D eigenvalue weighted by atomic mass is 10.0. The second kappa shape index (κ2) is 9.60. The zero-order valence-corrected chi connectivity index (χ0v) is 21.5. The van der Waals surface area contributed by atoms with Crippen molar-refractivity contribution in [3.8, 4) is 22.5 Å². The number of ether oxygens (including phenoxy) is 1. The Morgan fingerprint density at radius 1 is 0.974 bits per heavy atom. The van der Waals surface area contributed by atoms with Crippen molar-refractivity contribution in [2.24, 2.45) is 0 Å². The van der Waals surface area contributed by atoms with Crippen molar-refractivity contribution in [2.75, 3.05) is 18.2 Å². The molecule has 0 saturated carbocycles. The number of nitrogens with one attached hydrogen (secondary N) is 2. The molecule has 194 valence electrons. The number of urea groups is 1. The van der Waals surface area contributed by atoms with Gasteiger partial charge in [-0.1, -0.05) is 48.5 Å². The monoisotopic (exact) mass is 518 g/mol. The maximum Gasteiger partial charge on any atom is 0.337 e. The van der Waals surface area contributed by atoms with E-state index in [-0.39, 0.29) is 12.0 Å². The highest BCUT2D eigenvalue weighted by atomic mass is 16.5. The number of anilines is 2. The third kappa shape index (κ3) is 4.44. The SMILES string of the molecule is COC(=O)c1ccc(-c2cc3c(-c4cccc(NC(=O)N5Cc6ccccc6C5)c4C)nc(N)nc3[nH]2)cc1. The first-order chi connectivity index (χ1) is 18.9. The van der Waals surface area contributed by atoms with Crippen molar-refractivity contribution in [3.63, 3.8) is 0 Å². The molecular weight excluding hydrogens is 492 g/mol. The molecule has 39 heavy (non-hydrogen) atoms. The highest BCUT2D eigenvalue weighted by molar-refractivity contribution is 5.98. The summed E-state index contributed by atoms with van der Waals surface area (Å²) in [5, 5.41) is 3.87. The van der Waals surface area contributed by atoms with Crippen molar-refractivity contribution in [3.05, 3.63) is 95.1 Å². The van der Waals surface area contributed by atoms with Crippen LogP contribution in [0.25, 0.3) is 33.5 Å². The Morgan fingerprint density at radius 3 is 2.38 bits per heavy atom. The van der Waals surface area contributed by atoms with Crippen LogP contribution in [0, 0.1) is 6.92 Å². The van der Waals surface area contributed by atoms with Crippen LogP contribution in [-0.2, 0) is 17.8 Å². The van der Waals surface area contributed by atoms with Gasteiger partial charge in [-0.3, -0.25) is 0 Å². The predicted octanol–water partition coefficient (Wildman–Crippen LogP) is 5.52. The predicted molar refractivity (Wildman–Crippen MR) is 150 cm³/mol. The zero-order chi connectivity index (χ0) is 27.1. The Hall–Kier alpha value is -5.18. The van der Waals surface area contributed by atoms with Crippen molar-refractivity contribution in [1.82, 2.24) is 19.9 Å². The fourth-order valence-electron chi connectivity index (χ4n) is 4.99. The molecule has 0 unspecified atom stereocenters. The lowest BCUT2D eigenvalue weighted by Crippen LogP contribution is -2.30. The molecule has 0 aliphatic carbocycles. The van der Waals surface area contributed by atoms with E-state index in [0.717, 1.165) is 27.8 Å². The van der Waals surface area contributed by atoms with Gasteiger partial charge in [-0.05, 0) is 53.4 Å². The summed E-state index contributed by atoms with van der Waals surface area (Å²) < 4.78 is 4.79. The van der Waals surface area contributed by atoms with E-state index >= 15 is 0 Å². The van der Waals surface area contributed by atoms with Crippen molar-refractivity contribution >= 4 is 34.7 Å². The number of carbonyl (C=O) groups excluding carboxylic acids is 2. The van der Waals surface area contributed by atoms with Gasteiger partial charge in [-0.2, -0.15) is 4.98 Å². The molecule has 3 heterocycles. The van der Waals surface area contributed by atoms with E-state index in [1.54, 1.807) is 17.0 Å². The van der Waals surface area contributed by atoms with E-state index in [2.05, 4.69) is 32.4 Å². The molecule has 1 aliphatic rings. The Kier molecular flexibility index (Phi) is 5.95. The van der Waals surface area contributed by atoms with Gasteiger partial charge >= 0.3 is 12.0 Å². The number of rotatable bonds is 4. The van der Waals surface area contributed by atoms with Crippen molar-refractivity contribution in [1.29, 1.82) is 0 Å². The Bertz CT molecular complexity index is 1720. The van der Waals surface area contributed by atoms with E-state index in [1.807, 2.05) is 55.5 Å². The number of hydrogen-bond donors (Lipinski definition) is 3. The summed E-state index contributed by atoms with van der Waals surface area (Å²) in [6.45, 7) is 3.11. The minimum absolute atomic E-state index is 0.135. The molecule has 1 aliphatic heterocycles. The average molecular weight is 519 g/mol. The number of esters is 1. The molecule has 0 atom stereocenters. The maximum absolute atomic E-state index is 13.1. The van der Waals surface area contributed by atoms with Gasteiger partial charge < -0.3 is 25.7 Å². The number of fused-ring (bicyclic) bond motifs is 2. The van der Waals surface area contributed by atoms with Gasteiger partial charge in [0.2, 0.25) is 5.95 Å². The average Bonchev–Trinajstić information content (AvgIpc) is 3.58. The Labute approximate surface area is 224 Å². The summed E-state index contributed by atoms with van der Waals surface area (Å²) in [6.07, 6.45) is 0. The molecule has 0 radical (unpaired) electrons. The van der Waals surface area contributed by atoms with Crippen molar-refractivity contribution in [2.45, 2.75) is 20.0 Å². The van der Waals surface area contributed by atoms with Gasteiger partial charge in [0.15, 0.2) is 0 Å². The van der Waals surface area contributed by atoms with Gasteiger partial charge in [0.1, 0.15) is 5.65 Å². The number of carbonyl (C=O) groups is 2. The highest BCUT2D eigenvalue weighted by Crippen LogP contribution is 2.35. The second-order valence-electron chi connectivity index (χ2n) is 9.48. The molecule has 6 rings (SSSR count). The van der Waals surface area contributed by atoms with Crippen LogP contribution >= 0.6 is 0 Å². The first kappa shape index (κ1) is 24.2. The lowest BCUT2D eigenvalue weighted by molar-refractivity contribution is 0.0600. The number of amides is 2. The molecule has 9 nitrogen and oxygen atoms in total. The topological polar surface area (TPSA) is 126 Å². The van der Waals surface area contributed by atoms with E-state index in [0.29, 0.717) is 35.7 Å². The van der Waals surface area contributed by atoms with Gasteiger partial charge in [0.25, 0.3) is 0 Å². The van der Waals surface area contributed by atoms with Crippen molar-refractivity contribution < 1.29 is 14.3 Å². The van der Waals surface area contributed by atoms with E-state index < -0.39 is 5.97 Å². The summed E-state index contributed by atoms with van der Waals surface area (Å²) in [6, 6.07) is 22.7. The summed E-state index contributed by atoms with van der Waals surface area (Å²) in [5.74, 6) is -0.258. The molecule has 5 aromatic rings.